The van der Waals surface area contributed by atoms with Crippen molar-refractivity contribution in [2.24, 2.45) is 0 Å². The predicted molar refractivity (Wildman–Crippen MR) is 126 cm³/mol. The van der Waals surface area contributed by atoms with Gasteiger partial charge >= 0.3 is 0 Å². The highest BCUT2D eigenvalue weighted by Crippen LogP contribution is 2.29. The molecule has 5 heteroatoms. The minimum atomic E-state index is -1.00. The topological polar surface area (TPSA) is 57.2 Å². The first-order chi connectivity index (χ1) is 16.2. The molecule has 4 atom stereocenters. The summed E-state index contributed by atoms with van der Waals surface area (Å²) in [4.78, 5) is 0. The Balaban J connectivity index is 1.46. The molecule has 1 fully saturated rings. The molecule has 4 rings (SSSR count). The van der Waals surface area contributed by atoms with E-state index in [0.29, 0.717) is 19.8 Å². The zero-order chi connectivity index (χ0) is 22.9. The Morgan fingerprint density at radius 3 is 1.64 bits per heavy atom. The minimum absolute atomic E-state index is 0.265. The molecule has 0 radical (unpaired) electrons. The van der Waals surface area contributed by atoms with Gasteiger partial charge in [0.2, 0.25) is 0 Å². The van der Waals surface area contributed by atoms with Crippen LogP contribution in [0.1, 0.15) is 16.7 Å². The van der Waals surface area contributed by atoms with Crippen LogP contribution in [0, 0.1) is 0 Å². The fourth-order valence-corrected chi connectivity index (χ4v) is 3.82. The molecule has 0 saturated carbocycles. The molecule has 1 saturated heterocycles. The molecule has 33 heavy (non-hydrogen) atoms. The van der Waals surface area contributed by atoms with E-state index < -0.39 is 24.4 Å². The summed E-state index contributed by atoms with van der Waals surface area (Å²) >= 11 is 0. The van der Waals surface area contributed by atoms with Crippen LogP contribution >= 0.6 is 0 Å². The third-order valence-corrected chi connectivity index (χ3v) is 5.60. The van der Waals surface area contributed by atoms with Crippen molar-refractivity contribution in [1.29, 1.82) is 0 Å². The molecule has 1 N–H and O–H groups in total. The lowest BCUT2D eigenvalue weighted by atomic mass is 9.97. The van der Waals surface area contributed by atoms with E-state index in [2.05, 4.69) is 6.58 Å². The van der Waals surface area contributed by atoms with Crippen molar-refractivity contribution in [2.45, 2.75) is 44.2 Å². The van der Waals surface area contributed by atoms with Gasteiger partial charge in [-0.05, 0) is 16.7 Å². The summed E-state index contributed by atoms with van der Waals surface area (Å²) in [7, 11) is 0. The maximum absolute atomic E-state index is 10.8. The fourth-order valence-electron chi connectivity index (χ4n) is 3.82. The van der Waals surface area contributed by atoms with Gasteiger partial charge in [0, 0.05) is 0 Å². The molecule has 3 aromatic rings. The van der Waals surface area contributed by atoms with E-state index in [4.69, 9.17) is 18.9 Å². The SMILES string of the molecule is C=C1O[C@H](COCc2ccccc2)[C@H](OCc2ccccc2)[C@H](OCc2ccccc2)[C@H]1O. The predicted octanol–water partition coefficient (Wildman–Crippen LogP) is 4.65. The van der Waals surface area contributed by atoms with Gasteiger partial charge in [0.1, 0.15) is 24.1 Å². The molecule has 3 aromatic carbocycles. The van der Waals surface area contributed by atoms with Crippen molar-refractivity contribution in [3.05, 3.63) is 120 Å². The van der Waals surface area contributed by atoms with Crippen molar-refractivity contribution in [3.63, 3.8) is 0 Å². The molecule has 0 aromatic heterocycles. The molecule has 0 bridgehead atoms. The second-order valence-electron chi connectivity index (χ2n) is 8.09. The van der Waals surface area contributed by atoms with Gasteiger partial charge in [-0.25, -0.2) is 0 Å². The lowest BCUT2D eigenvalue weighted by Crippen LogP contribution is -2.55. The number of aliphatic hydroxyl groups is 1. The number of ether oxygens (including phenoxy) is 4. The molecule has 172 valence electrons. The minimum Gasteiger partial charge on any atom is -0.487 e. The monoisotopic (exact) mass is 446 g/mol. The van der Waals surface area contributed by atoms with E-state index in [9.17, 15) is 5.11 Å². The Labute approximate surface area is 195 Å². The van der Waals surface area contributed by atoms with Gasteiger partial charge in [-0.15, -0.1) is 0 Å². The normalized spacial score (nSPS) is 22.6. The zero-order valence-corrected chi connectivity index (χ0v) is 18.6. The van der Waals surface area contributed by atoms with E-state index >= 15 is 0 Å². The summed E-state index contributed by atoms with van der Waals surface area (Å²) in [6.07, 6.45) is -2.64. The number of hydrogen-bond acceptors (Lipinski definition) is 5. The average molecular weight is 447 g/mol. The quantitative estimate of drug-likeness (QED) is 0.491. The van der Waals surface area contributed by atoms with E-state index in [1.165, 1.54) is 0 Å². The van der Waals surface area contributed by atoms with Crippen LogP contribution in [0.4, 0.5) is 0 Å². The van der Waals surface area contributed by atoms with Gasteiger partial charge in [0.15, 0.2) is 6.10 Å². The molecular formula is C28H30O5. The number of aliphatic hydroxyl groups excluding tert-OH is 1. The van der Waals surface area contributed by atoms with Crippen LogP contribution in [-0.2, 0) is 38.8 Å². The van der Waals surface area contributed by atoms with Crippen molar-refractivity contribution >= 4 is 0 Å². The molecule has 1 aliphatic rings. The largest absolute Gasteiger partial charge is 0.487 e. The highest BCUT2D eigenvalue weighted by Gasteiger charge is 2.44. The molecule has 0 aliphatic carbocycles. The van der Waals surface area contributed by atoms with Crippen LogP contribution in [0.5, 0.6) is 0 Å². The van der Waals surface area contributed by atoms with Crippen LogP contribution in [-0.4, -0.2) is 36.1 Å². The third kappa shape index (κ3) is 6.53. The van der Waals surface area contributed by atoms with Gasteiger partial charge in [0.05, 0.1) is 26.4 Å². The number of rotatable bonds is 10. The van der Waals surface area contributed by atoms with Crippen LogP contribution in [0.3, 0.4) is 0 Å². The first-order valence-corrected chi connectivity index (χ1v) is 11.2. The first-order valence-electron chi connectivity index (χ1n) is 11.2. The fraction of sp³-hybridized carbons (Fsp3) is 0.286. The summed E-state index contributed by atoms with van der Waals surface area (Å²) in [5, 5.41) is 10.8. The van der Waals surface area contributed by atoms with Crippen molar-refractivity contribution in [2.75, 3.05) is 6.61 Å². The van der Waals surface area contributed by atoms with Crippen LogP contribution in [0.15, 0.2) is 103 Å². The Morgan fingerprint density at radius 2 is 1.12 bits per heavy atom. The molecule has 1 heterocycles. The average Bonchev–Trinajstić information content (AvgIpc) is 2.86. The maximum Gasteiger partial charge on any atom is 0.150 e. The van der Waals surface area contributed by atoms with Crippen LogP contribution in [0.25, 0.3) is 0 Å². The highest BCUT2D eigenvalue weighted by atomic mass is 16.6. The van der Waals surface area contributed by atoms with Crippen molar-refractivity contribution in [1.82, 2.24) is 0 Å². The molecule has 1 aliphatic heterocycles. The maximum atomic E-state index is 10.8. The number of hydrogen-bond donors (Lipinski definition) is 1. The van der Waals surface area contributed by atoms with Gasteiger partial charge < -0.3 is 24.1 Å². The van der Waals surface area contributed by atoms with E-state index in [1.54, 1.807) is 0 Å². The van der Waals surface area contributed by atoms with E-state index in [1.807, 2.05) is 91.0 Å². The van der Waals surface area contributed by atoms with Crippen LogP contribution < -0.4 is 0 Å². The first kappa shape index (κ1) is 23.2. The van der Waals surface area contributed by atoms with E-state index in [0.717, 1.165) is 16.7 Å². The van der Waals surface area contributed by atoms with Gasteiger partial charge in [0.25, 0.3) is 0 Å². The molecular weight excluding hydrogens is 416 g/mol. The van der Waals surface area contributed by atoms with Gasteiger partial charge in [-0.3, -0.25) is 0 Å². The van der Waals surface area contributed by atoms with E-state index in [-0.39, 0.29) is 12.4 Å². The zero-order valence-electron chi connectivity index (χ0n) is 18.6. The van der Waals surface area contributed by atoms with Crippen LogP contribution in [0.2, 0.25) is 0 Å². The second-order valence-corrected chi connectivity index (χ2v) is 8.09. The summed E-state index contributed by atoms with van der Waals surface area (Å²) in [5.74, 6) is 0.265. The Bertz CT molecular complexity index is 977. The second kappa shape index (κ2) is 11.8. The highest BCUT2D eigenvalue weighted by molar-refractivity contribution is 5.16. The summed E-state index contributed by atoms with van der Waals surface area (Å²) in [5.41, 5.74) is 3.12. The summed E-state index contributed by atoms with van der Waals surface area (Å²) in [6, 6.07) is 29.7. The lowest BCUT2D eigenvalue weighted by Gasteiger charge is -2.41. The van der Waals surface area contributed by atoms with Gasteiger partial charge in [-0.2, -0.15) is 0 Å². The molecule has 5 nitrogen and oxygen atoms in total. The third-order valence-electron chi connectivity index (χ3n) is 5.60. The Morgan fingerprint density at radius 1 is 0.667 bits per heavy atom. The Hall–Kier alpha value is -2.96. The Kier molecular flexibility index (Phi) is 8.28. The van der Waals surface area contributed by atoms with Gasteiger partial charge in [-0.1, -0.05) is 97.6 Å². The number of benzene rings is 3. The smallest absolute Gasteiger partial charge is 0.150 e. The standard InChI is InChI=1S/C28H30O5/c1-21-26(29)28(32-19-24-15-9-4-10-16-24)27(31-18-23-13-7-3-8-14-23)25(33-21)20-30-17-22-11-5-2-6-12-22/h2-16,25-29H,1,17-20H2/t25-,26+,27+,28-/m1/s1. The lowest BCUT2D eigenvalue weighted by molar-refractivity contribution is -0.211. The van der Waals surface area contributed by atoms with Crippen molar-refractivity contribution in [3.8, 4) is 0 Å². The molecule has 0 amide bonds. The summed E-state index contributed by atoms with van der Waals surface area (Å²) in [6.45, 7) is 5.36. The summed E-state index contributed by atoms with van der Waals surface area (Å²) < 4.78 is 24.3. The molecule has 0 spiro atoms. The molecule has 0 unspecified atom stereocenters. The van der Waals surface area contributed by atoms with Crippen molar-refractivity contribution < 1.29 is 24.1 Å².